The van der Waals surface area contributed by atoms with Gasteiger partial charge in [-0.15, -0.1) is 0 Å². The number of H-pyrrole nitrogens is 1. The van der Waals surface area contributed by atoms with Crippen LogP contribution in [0.4, 0.5) is 0 Å². The number of aromatic amines is 1. The Morgan fingerprint density at radius 2 is 1.65 bits per heavy atom. The fraction of sp³-hybridized carbons (Fsp3) is 0.344. The summed E-state index contributed by atoms with van der Waals surface area (Å²) in [6.07, 6.45) is 5.29. The SMILES string of the molecule is CN(C)CCn1cnc(-c2ccc(-c3ccc(-c4nc5nc(O[C@H]6CC[C@H](CC(=O)O)CC6)[nH]c5cc4Cl)cc3)cc2)n1. The fourth-order valence-corrected chi connectivity index (χ4v) is 5.74. The van der Waals surface area contributed by atoms with E-state index in [-0.39, 0.29) is 18.4 Å². The third-order valence-electron chi connectivity index (χ3n) is 7.89. The van der Waals surface area contributed by atoms with Crippen molar-refractivity contribution in [1.29, 1.82) is 0 Å². The molecule has 43 heavy (non-hydrogen) atoms. The Bertz CT molecular complexity index is 1710. The maximum atomic E-state index is 11.0. The summed E-state index contributed by atoms with van der Waals surface area (Å²) in [5.41, 5.74) is 5.92. The van der Waals surface area contributed by atoms with Crippen LogP contribution in [0.2, 0.25) is 5.02 Å². The number of aliphatic carboxylic acids is 1. The van der Waals surface area contributed by atoms with E-state index < -0.39 is 5.97 Å². The third kappa shape index (κ3) is 6.87. The molecule has 1 saturated carbocycles. The van der Waals surface area contributed by atoms with Crippen LogP contribution < -0.4 is 4.74 Å². The van der Waals surface area contributed by atoms with E-state index in [1.54, 1.807) is 6.33 Å². The lowest BCUT2D eigenvalue weighted by Crippen LogP contribution is -2.25. The van der Waals surface area contributed by atoms with Crippen molar-refractivity contribution in [2.45, 2.75) is 44.8 Å². The van der Waals surface area contributed by atoms with Crippen LogP contribution in [0.25, 0.3) is 44.9 Å². The van der Waals surface area contributed by atoms with Crippen LogP contribution in [0, 0.1) is 5.92 Å². The fourth-order valence-electron chi connectivity index (χ4n) is 5.48. The number of hydrogen-bond acceptors (Lipinski definition) is 7. The first kappa shape index (κ1) is 28.8. The number of halogens is 1. The third-order valence-corrected chi connectivity index (χ3v) is 8.18. The zero-order valence-corrected chi connectivity index (χ0v) is 25.0. The van der Waals surface area contributed by atoms with Gasteiger partial charge in [0, 0.05) is 24.1 Å². The Balaban J connectivity index is 1.12. The van der Waals surface area contributed by atoms with Crippen LogP contribution in [0.15, 0.2) is 60.9 Å². The number of imidazole rings is 1. The molecule has 0 radical (unpaired) electrons. The zero-order valence-electron chi connectivity index (χ0n) is 24.2. The minimum atomic E-state index is -0.738. The zero-order chi connectivity index (χ0) is 29.9. The monoisotopic (exact) mass is 599 g/mol. The number of rotatable bonds is 10. The van der Waals surface area contributed by atoms with Gasteiger partial charge in [-0.25, -0.2) is 9.97 Å². The smallest absolute Gasteiger partial charge is 0.303 e. The quantitative estimate of drug-likeness (QED) is 0.195. The summed E-state index contributed by atoms with van der Waals surface area (Å²) in [5.74, 6) is 0.192. The van der Waals surface area contributed by atoms with E-state index in [4.69, 9.17) is 26.4 Å². The maximum Gasteiger partial charge on any atom is 0.303 e. The lowest BCUT2D eigenvalue weighted by Gasteiger charge is -2.27. The number of nitrogens with one attached hydrogen (secondary N) is 1. The molecule has 222 valence electrons. The average Bonchev–Trinajstić information content (AvgIpc) is 3.63. The molecule has 0 bridgehead atoms. The molecule has 10 nitrogen and oxygen atoms in total. The first-order valence-corrected chi connectivity index (χ1v) is 14.9. The Morgan fingerprint density at radius 1 is 1.00 bits per heavy atom. The molecule has 0 amide bonds. The Labute approximate surface area is 254 Å². The summed E-state index contributed by atoms with van der Waals surface area (Å²) in [5, 5.41) is 14.2. The van der Waals surface area contributed by atoms with Gasteiger partial charge in [-0.1, -0.05) is 60.1 Å². The summed E-state index contributed by atoms with van der Waals surface area (Å²) in [6.45, 7) is 1.70. The van der Waals surface area contributed by atoms with Crippen molar-refractivity contribution in [2.75, 3.05) is 20.6 Å². The molecule has 2 N–H and O–H groups in total. The van der Waals surface area contributed by atoms with Crippen molar-refractivity contribution >= 4 is 28.7 Å². The van der Waals surface area contributed by atoms with Crippen LogP contribution in [-0.2, 0) is 11.3 Å². The van der Waals surface area contributed by atoms with Gasteiger partial charge in [0.1, 0.15) is 12.4 Å². The number of carboxylic acid groups (broad SMARTS) is 1. The van der Waals surface area contributed by atoms with Gasteiger partial charge in [0.05, 0.1) is 22.8 Å². The molecule has 1 aliphatic rings. The van der Waals surface area contributed by atoms with Crippen molar-refractivity contribution in [3.63, 3.8) is 0 Å². The number of nitrogens with zero attached hydrogens (tertiary/aromatic N) is 6. The molecule has 3 heterocycles. The van der Waals surface area contributed by atoms with Crippen LogP contribution in [0.1, 0.15) is 32.1 Å². The Hall–Kier alpha value is -4.28. The molecule has 11 heteroatoms. The summed E-state index contributed by atoms with van der Waals surface area (Å²) < 4.78 is 7.96. The number of fused-ring (bicyclic) bond motifs is 1. The summed E-state index contributed by atoms with van der Waals surface area (Å²) in [7, 11) is 4.08. The van der Waals surface area contributed by atoms with E-state index in [0.29, 0.717) is 33.7 Å². The minimum Gasteiger partial charge on any atom is -0.481 e. The molecule has 5 aromatic rings. The van der Waals surface area contributed by atoms with E-state index >= 15 is 0 Å². The van der Waals surface area contributed by atoms with Gasteiger partial charge in [0.15, 0.2) is 11.5 Å². The normalized spacial score (nSPS) is 17.0. The van der Waals surface area contributed by atoms with E-state index in [2.05, 4.69) is 49.2 Å². The number of likely N-dealkylation sites (N-methyl/N-ethyl adjacent to an activating group) is 1. The van der Waals surface area contributed by atoms with Gasteiger partial charge in [-0.3, -0.25) is 9.48 Å². The molecular formula is C32H34ClN7O3. The molecule has 1 fully saturated rings. The molecule has 2 aromatic carbocycles. The number of hydrogen-bond donors (Lipinski definition) is 2. The first-order chi connectivity index (χ1) is 20.8. The van der Waals surface area contributed by atoms with Crippen LogP contribution in [-0.4, -0.2) is 72.4 Å². The van der Waals surface area contributed by atoms with Crippen molar-refractivity contribution in [2.24, 2.45) is 5.92 Å². The highest BCUT2D eigenvalue weighted by atomic mass is 35.5. The van der Waals surface area contributed by atoms with Gasteiger partial charge >= 0.3 is 5.97 Å². The van der Waals surface area contributed by atoms with E-state index in [9.17, 15) is 4.79 Å². The van der Waals surface area contributed by atoms with Crippen molar-refractivity contribution in [3.8, 4) is 39.8 Å². The standard InChI is InChI=1S/C32H34ClN7O3/c1-39(2)15-16-40-19-34-30(38-40)24-11-7-22(8-12-24)21-5-9-23(10-6-21)29-26(33)18-27-31(36-29)37-32(35-27)43-25-13-3-20(4-14-25)17-28(41)42/h5-12,18-20,25H,3-4,13-17H2,1-2H3,(H,41,42)(H,35,36,37)/t20-,25-. The molecule has 3 aromatic heterocycles. The number of carboxylic acids is 1. The second-order valence-electron chi connectivity index (χ2n) is 11.4. The molecule has 0 aliphatic heterocycles. The molecule has 0 atom stereocenters. The highest BCUT2D eigenvalue weighted by Crippen LogP contribution is 2.33. The average molecular weight is 600 g/mol. The summed E-state index contributed by atoms with van der Waals surface area (Å²) in [6, 6.07) is 18.6. The number of ether oxygens (including phenoxy) is 1. The molecule has 1 aliphatic carbocycles. The van der Waals surface area contributed by atoms with Crippen LogP contribution >= 0.6 is 11.6 Å². The van der Waals surface area contributed by atoms with Crippen molar-refractivity contribution < 1.29 is 14.6 Å². The highest BCUT2D eigenvalue weighted by Gasteiger charge is 2.25. The number of aromatic nitrogens is 6. The number of carbonyl (C=O) groups is 1. The second kappa shape index (κ2) is 12.5. The lowest BCUT2D eigenvalue weighted by molar-refractivity contribution is -0.138. The summed E-state index contributed by atoms with van der Waals surface area (Å²) in [4.78, 5) is 30.1. The highest BCUT2D eigenvalue weighted by molar-refractivity contribution is 6.33. The van der Waals surface area contributed by atoms with Crippen molar-refractivity contribution in [1.82, 2.24) is 34.6 Å². The Kier molecular flexibility index (Phi) is 8.40. The van der Waals surface area contributed by atoms with Crippen LogP contribution in [0.5, 0.6) is 6.01 Å². The molecule has 0 unspecified atom stereocenters. The van der Waals surface area contributed by atoms with Gasteiger partial charge in [-0.05, 0) is 62.9 Å². The topological polar surface area (TPSA) is 122 Å². The Morgan fingerprint density at radius 3 is 2.30 bits per heavy atom. The lowest BCUT2D eigenvalue weighted by atomic mass is 9.85. The van der Waals surface area contributed by atoms with Gasteiger partial charge in [0.2, 0.25) is 0 Å². The van der Waals surface area contributed by atoms with E-state index in [0.717, 1.165) is 61.0 Å². The molecule has 0 spiro atoms. The van der Waals surface area contributed by atoms with Gasteiger partial charge < -0.3 is 19.7 Å². The van der Waals surface area contributed by atoms with Crippen LogP contribution in [0.3, 0.4) is 0 Å². The predicted octanol–water partition coefficient (Wildman–Crippen LogP) is 6.18. The largest absolute Gasteiger partial charge is 0.481 e. The van der Waals surface area contributed by atoms with Gasteiger partial charge in [0.25, 0.3) is 6.01 Å². The first-order valence-electron chi connectivity index (χ1n) is 14.5. The molecule has 6 rings (SSSR count). The predicted molar refractivity (Wildman–Crippen MR) is 166 cm³/mol. The summed E-state index contributed by atoms with van der Waals surface area (Å²) >= 11 is 6.65. The number of benzene rings is 2. The molecule has 0 saturated heterocycles. The number of pyridine rings is 1. The second-order valence-corrected chi connectivity index (χ2v) is 11.8. The van der Waals surface area contributed by atoms with Gasteiger partial charge in [-0.2, -0.15) is 10.1 Å². The van der Waals surface area contributed by atoms with Crippen molar-refractivity contribution in [3.05, 3.63) is 65.9 Å². The maximum absolute atomic E-state index is 11.0. The van der Waals surface area contributed by atoms with E-state index in [1.165, 1.54) is 0 Å². The minimum absolute atomic E-state index is 0.00353. The van der Waals surface area contributed by atoms with E-state index in [1.807, 2.05) is 49.1 Å². The molecular weight excluding hydrogens is 566 g/mol.